The number of para-hydroxylation sites is 1. The summed E-state index contributed by atoms with van der Waals surface area (Å²) in [6, 6.07) is 13.4. The molecule has 3 aromatic rings. The molecule has 0 saturated heterocycles. The highest BCUT2D eigenvalue weighted by atomic mass is 32.1. The molecule has 0 aliphatic carbocycles. The van der Waals surface area contributed by atoms with E-state index in [4.69, 9.17) is 0 Å². The molecule has 0 bridgehead atoms. The molecule has 6 heteroatoms. The molecule has 3 rings (SSSR count). The van der Waals surface area contributed by atoms with Gasteiger partial charge in [0, 0.05) is 4.88 Å². The lowest BCUT2D eigenvalue weighted by Crippen LogP contribution is -2.26. The van der Waals surface area contributed by atoms with Crippen molar-refractivity contribution in [1.29, 1.82) is 0 Å². The maximum Gasteiger partial charge on any atom is 0.273 e. The molecule has 2 aromatic heterocycles. The molecule has 106 valence electrons. The van der Waals surface area contributed by atoms with Gasteiger partial charge in [-0.3, -0.25) is 4.79 Å². The fourth-order valence-electron chi connectivity index (χ4n) is 1.93. The minimum absolute atomic E-state index is 0.0422. The van der Waals surface area contributed by atoms with Crippen LogP contribution in [-0.2, 0) is 0 Å². The normalized spacial score (nSPS) is 12.0. The van der Waals surface area contributed by atoms with Crippen LogP contribution in [0, 0.1) is 0 Å². The third-order valence-corrected chi connectivity index (χ3v) is 4.08. The Morgan fingerprint density at radius 1 is 1.24 bits per heavy atom. The van der Waals surface area contributed by atoms with Gasteiger partial charge in [-0.2, -0.15) is 9.90 Å². The first kappa shape index (κ1) is 13.5. The number of hydrogen-bond acceptors (Lipinski definition) is 4. The van der Waals surface area contributed by atoms with Crippen LogP contribution in [0.5, 0.6) is 0 Å². The van der Waals surface area contributed by atoms with Crippen LogP contribution in [0.1, 0.15) is 28.3 Å². The number of nitrogens with zero attached hydrogens (tertiary/aromatic N) is 3. The molecule has 1 amide bonds. The van der Waals surface area contributed by atoms with E-state index < -0.39 is 0 Å². The molecule has 2 heterocycles. The maximum absolute atomic E-state index is 12.2. The first-order chi connectivity index (χ1) is 10.2. The van der Waals surface area contributed by atoms with Gasteiger partial charge in [0.05, 0.1) is 17.9 Å². The number of aromatic nitrogens is 3. The van der Waals surface area contributed by atoms with E-state index in [1.165, 1.54) is 11.0 Å². The van der Waals surface area contributed by atoms with Crippen LogP contribution >= 0.6 is 11.3 Å². The molecule has 1 N–H and O–H groups in total. The molecule has 0 unspecified atom stereocenters. The second-order valence-corrected chi connectivity index (χ2v) is 5.54. The van der Waals surface area contributed by atoms with Crippen molar-refractivity contribution in [2.24, 2.45) is 0 Å². The van der Waals surface area contributed by atoms with Crippen molar-refractivity contribution in [2.75, 3.05) is 0 Å². The lowest BCUT2D eigenvalue weighted by molar-refractivity contribution is 0.0935. The zero-order valence-electron chi connectivity index (χ0n) is 11.4. The van der Waals surface area contributed by atoms with Gasteiger partial charge in [0.1, 0.15) is 0 Å². The first-order valence-corrected chi connectivity index (χ1v) is 7.44. The molecule has 0 saturated carbocycles. The fourth-order valence-corrected chi connectivity index (χ4v) is 2.67. The lowest BCUT2D eigenvalue weighted by atomic mass is 10.2. The van der Waals surface area contributed by atoms with Gasteiger partial charge in [-0.25, -0.2) is 0 Å². The highest BCUT2D eigenvalue weighted by molar-refractivity contribution is 7.10. The van der Waals surface area contributed by atoms with Gasteiger partial charge in [-0.05, 0) is 30.5 Å². The van der Waals surface area contributed by atoms with Crippen molar-refractivity contribution in [2.45, 2.75) is 13.0 Å². The number of hydrogen-bond donors (Lipinski definition) is 1. The van der Waals surface area contributed by atoms with Gasteiger partial charge >= 0.3 is 0 Å². The number of carbonyl (C=O) groups excluding carboxylic acids is 1. The van der Waals surface area contributed by atoms with E-state index in [1.807, 2.05) is 54.8 Å². The van der Waals surface area contributed by atoms with Gasteiger partial charge < -0.3 is 5.32 Å². The third kappa shape index (κ3) is 3.00. The third-order valence-electron chi connectivity index (χ3n) is 3.03. The van der Waals surface area contributed by atoms with Crippen LogP contribution in [0.3, 0.4) is 0 Å². The molecular weight excluding hydrogens is 284 g/mol. The van der Waals surface area contributed by atoms with E-state index in [0.29, 0.717) is 5.69 Å². The van der Waals surface area contributed by atoms with Crippen LogP contribution in [-0.4, -0.2) is 20.9 Å². The summed E-state index contributed by atoms with van der Waals surface area (Å²) in [5.41, 5.74) is 1.13. The minimum atomic E-state index is -0.224. The monoisotopic (exact) mass is 298 g/mol. The number of nitrogens with one attached hydrogen (secondary N) is 1. The number of benzene rings is 1. The highest BCUT2D eigenvalue weighted by Gasteiger charge is 2.15. The Balaban J connectivity index is 1.73. The molecule has 0 aliphatic heterocycles. The quantitative estimate of drug-likeness (QED) is 0.805. The summed E-state index contributed by atoms with van der Waals surface area (Å²) in [6.45, 7) is 1.95. The van der Waals surface area contributed by atoms with E-state index in [-0.39, 0.29) is 11.9 Å². The minimum Gasteiger partial charge on any atom is -0.343 e. The summed E-state index contributed by atoms with van der Waals surface area (Å²) >= 11 is 1.61. The van der Waals surface area contributed by atoms with Crippen LogP contribution in [0.4, 0.5) is 0 Å². The van der Waals surface area contributed by atoms with E-state index in [1.54, 1.807) is 11.3 Å². The standard InChI is InChI=1S/C15H14N4OS/c1-11(14-8-5-9-21-14)17-15(20)13-10-16-19(18-13)12-6-3-2-4-7-12/h2-11H,1H3,(H,17,20)/t11-/m1/s1. The van der Waals surface area contributed by atoms with Crippen LogP contribution in [0.2, 0.25) is 0 Å². The molecule has 1 aromatic carbocycles. The summed E-state index contributed by atoms with van der Waals surface area (Å²) in [5, 5.41) is 13.2. The zero-order valence-corrected chi connectivity index (χ0v) is 12.2. The first-order valence-electron chi connectivity index (χ1n) is 6.56. The van der Waals surface area contributed by atoms with Crippen LogP contribution in [0.25, 0.3) is 5.69 Å². The van der Waals surface area contributed by atoms with Gasteiger partial charge in [-0.15, -0.1) is 16.4 Å². The Labute approximate surface area is 126 Å². The van der Waals surface area contributed by atoms with Crippen LogP contribution < -0.4 is 5.32 Å². The number of amides is 1. The van der Waals surface area contributed by atoms with E-state index >= 15 is 0 Å². The average molecular weight is 298 g/mol. The summed E-state index contributed by atoms with van der Waals surface area (Å²) in [6.07, 6.45) is 1.48. The van der Waals surface area contributed by atoms with Crippen LogP contribution in [0.15, 0.2) is 54.0 Å². The van der Waals surface area contributed by atoms with Crippen molar-refractivity contribution in [1.82, 2.24) is 20.3 Å². The molecule has 5 nitrogen and oxygen atoms in total. The molecule has 0 radical (unpaired) electrons. The van der Waals surface area contributed by atoms with Crippen molar-refractivity contribution in [3.8, 4) is 5.69 Å². The molecule has 0 fully saturated rings. The van der Waals surface area contributed by atoms with Crippen molar-refractivity contribution >= 4 is 17.2 Å². The van der Waals surface area contributed by atoms with E-state index in [2.05, 4.69) is 15.5 Å². The summed E-state index contributed by atoms with van der Waals surface area (Å²) in [5.74, 6) is -0.224. The molecule has 0 spiro atoms. The van der Waals surface area contributed by atoms with Crippen molar-refractivity contribution < 1.29 is 4.79 Å². The Bertz CT molecular complexity index is 721. The summed E-state index contributed by atoms with van der Waals surface area (Å²) in [7, 11) is 0. The molecule has 21 heavy (non-hydrogen) atoms. The van der Waals surface area contributed by atoms with Gasteiger partial charge in [0.15, 0.2) is 5.69 Å². The van der Waals surface area contributed by atoms with Gasteiger partial charge in [0.25, 0.3) is 5.91 Å². The second kappa shape index (κ2) is 5.88. The molecule has 1 atom stereocenters. The Morgan fingerprint density at radius 2 is 2.05 bits per heavy atom. The Hall–Kier alpha value is -2.47. The summed E-state index contributed by atoms with van der Waals surface area (Å²) < 4.78 is 0. The van der Waals surface area contributed by atoms with E-state index in [9.17, 15) is 4.79 Å². The number of carbonyl (C=O) groups is 1. The van der Waals surface area contributed by atoms with Crippen molar-refractivity contribution in [3.63, 3.8) is 0 Å². The maximum atomic E-state index is 12.2. The van der Waals surface area contributed by atoms with Crippen molar-refractivity contribution in [3.05, 3.63) is 64.6 Å². The molecular formula is C15H14N4OS. The number of thiophene rings is 1. The van der Waals surface area contributed by atoms with Gasteiger partial charge in [0.2, 0.25) is 0 Å². The van der Waals surface area contributed by atoms with E-state index in [0.717, 1.165) is 10.6 Å². The fraction of sp³-hybridized carbons (Fsp3) is 0.133. The predicted octanol–water partition coefficient (Wildman–Crippen LogP) is 2.82. The predicted molar refractivity (Wildman–Crippen MR) is 81.6 cm³/mol. The largest absolute Gasteiger partial charge is 0.343 e. The topological polar surface area (TPSA) is 59.8 Å². The molecule has 0 aliphatic rings. The van der Waals surface area contributed by atoms with Gasteiger partial charge in [-0.1, -0.05) is 24.3 Å². The summed E-state index contributed by atoms with van der Waals surface area (Å²) in [4.78, 5) is 14.7. The zero-order chi connectivity index (χ0) is 14.7. The SMILES string of the molecule is C[C@@H](NC(=O)c1cnn(-c2ccccc2)n1)c1cccs1. The lowest BCUT2D eigenvalue weighted by Gasteiger charge is -2.10. The smallest absolute Gasteiger partial charge is 0.273 e. The Kier molecular flexibility index (Phi) is 3.79. The Morgan fingerprint density at radius 3 is 2.76 bits per heavy atom. The highest BCUT2D eigenvalue weighted by Crippen LogP contribution is 2.18. The average Bonchev–Trinajstić information content (AvgIpc) is 3.20. The second-order valence-electron chi connectivity index (χ2n) is 4.57. The number of rotatable bonds is 4.